The van der Waals surface area contributed by atoms with E-state index in [2.05, 4.69) is 24.2 Å². The second-order valence-corrected chi connectivity index (χ2v) is 6.91. The Morgan fingerprint density at radius 1 is 1.15 bits per heavy atom. The molecule has 2 aromatic heterocycles. The zero-order chi connectivity index (χ0) is 18.1. The van der Waals surface area contributed by atoms with Crippen LogP contribution in [-0.2, 0) is 0 Å². The van der Waals surface area contributed by atoms with Crippen molar-refractivity contribution in [2.24, 2.45) is 0 Å². The first-order valence-electron chi connectivity index (χ1n) is 8.93. The minimum atomic E-state index is -0.156. The van der Waals surface area contributed by atoms with E-state index in [4.69, 9.17) is 9.05 Å². The molecule has 0 saturated carbocycles. The van der Waals surface area contributed by atoms with E-state index in [1.807, 2.05) is 36.4 Å². The highest BCUT2D eigenvalue weighted by Gasteiger charge is 2.34. The number of benzene rings is 1. The quantitative estimate of drug-likeness (QED) is 0.695. The monoisotopic (exact) mass is 351 g/mol. The van der Waals surface area contributed by atoms with Crippen LogP contribution in [0.2, 0.25) is 0 Å². The SMILES string of the molecule is CC(C)c1cc([C@@H]2CCCN2C(=O)c2cc(-c3ccccc3)no2)no1. The molecule has 1 saturated heterocycles. The maximum Gasteiger partial charge on any atom is 0.293 e. The number of likely N-dealkylation sites (tertiary alicyclic amines) is 1. The topological polar surface area (TPSA) is 72.4 Å². The van der Waals surface area contributed by atoms with Gasteiger partial charge in [-0.15, -0.1) is 0 Å². The molecule has 6 nitrogen and oxygen atoms in total. The number of nitrogens with zero attached hydrogens (tertiary/aromatic N) is 3. The molecule has 4 rings (SSSR count). The van der Waals surface area contributed by atoms with Crippen LogP contribution in [0.4, 0.5) is 0 Å². The van der Waals surface area contributed by atoms with E-state index in [0.29, 0.717) is 12.2 Å². The maximum absolute atomic E-state index is 12.9. The Morgan fingerprint density at radius 3 is 2.69 bits per heavy atom. The third-order valence-electron chi connectivity index (χ3n) is 4.76. The lowest BCUT2D eigenvalue weighted by molar-refractivity contribution is 0.0688. The first-order valence-corrected chi connectivity index (χ1v) is 8.93. The van der Waals surface area contributed by atoms with Gasteiger partial charge in [0.25, 0.3) is 5.91 Å². The fourth-order valence-electron chi connectivity index (χ4n) is 3.31. The summed E-state index contributed by atoms with van der Waals surface area (Å²) in [4.78, 5) is 14.8. The van der Waals surface area contributed by atoms with E-state index in [0.717, 1.165) is 29.9 Å². The van der Waals surface area contributed by atoms with Crippen molar-refractivity contribution in [2.45, 2.75) is 38.6 Å². The predicted molar refractivity (Wildman–Crippen MR) is 95.5 cm³/mol. The minimum Gasteiger partial charge on any atom is -0.361 e. The molecule has 0 bridgehead atoms. The van der Waals surface area contributed by atoms with Gasteiger partial charge in [0.15, 0.2) is 0 Å². The number of rotatable bonds is 4. The van der Waals surface area contributed by atoms with Crippen LogP contribution in [0.5, 0.6) is 0 Å². The summed E-state index contributed by atoms with van der Waals surface area (Å²) in [5.41, 5.74) is 2.39. The molecule has 3 heterocycles. The average Bonchev–Trinajstić information content (AvgIpc) is 3.41. The molecule has 0 unspecified atom stereocenters. The molecule has 0 N–H and O–H groups in total. The largest absolute Gasteiger partial charge is 0.361 e. The average molecular weight is 351 g/mol. The zero-order valence-electron chi connectivity index (χ0n) is 14.9. The lowest BCUT2D eigenvalue weighted by atomic mass is 10.1. The van der Waals surface area contributed by atoms with Crippen LogP contribution in [0, 0.1) is 0 Å². The van der Waals surface area contributed by atoms with Gasteiger partial charge in [-0.25, -0.2) is 0 Å². The van der Waals surface area contributed by atoms with Crippen LogP contribution in [0.1, 0.15) is 60.7 Å². The Labute approximate surface area is 151 Å². The molecule has 6 heteroatoms. The molecule has 1 aliphatic heterocycles. The van der Waals surface area contributed by atoms with Crippen LogP contribution >= 0.6 is 0 Å². The van der Waals surface area contributed by atoms with Crippen LogP contribution in [0.3, 0.4) is 0 Å². The van der Waals surface area contributed by atoms with Gasteiger partial charge in [0.1, 0.15) is 17.1 Å². The van der Waals surface area contributed by atoms with E-state index in [9.17, 15) is 4.79 Å². The summed E-state index contributed by atoms with van der Waals surface area (Å²) in [6, 6.07) is 13.3. The smallest absolute Gasteiger partial charge is 0.293 e. The molecular weight excluding hydrogens is 330 g/mol. The van der Waals surface area contributed by atoms with Crippen molar-refractivity contribution in [1.29, 1.82) is 0 Å². The first-order chi connectivity index (χ1) is 12.6. The van der Waals surface area contributed by atoms with Gasteiger partial charge in [-0.3, -0.25) is 4.79 Å². The fraction of sp³-hybridized carbons (Fsp3) is 0.350. The molecule has 0 radical (unpaired) electrons. The van der Waals surface area contributed by atoms with Gasteiger partial charge in [0.2, 0.25) is 5.76 Å². The predicted octanol–water partition coefficient (Wildman–Crippen LogP) is 4.43. The fourth-order valence-corrected chi connectivity index (χ4v) is 3.31. The van der Waals surface area contributed by atoms with E-state index >= 15 is 0 Å². The number of amides is 1. The third-order valence-corrected chi connectivity index (χ3v) is 4.76. The Kier molecular flexibility index (Phi) is 4.32. The molecule has 1 aliphatic rings. The van der Waals surface area contributed by atoms with Gasteiger partial charge < -0.3 is 13.9 Å². The number of aromatic nitrogens is 2. The van der Waals surface area contributed by atoms with Crippen molar-refractivity contribution in [1.82, 2.24) is 15.2 Å². The van der Waals surface area contributed by atoms with Crippen LogP contribution in [0.25, 0.3) is 11.3 Å². The summed E-state index contributed by atoms with van der Waals surface area (Å²) in [6.45, 7) is 4.79. The summed E-state index contributed by atoms with van der Waals surface area (Å²) < 4.78 is 10.7. The highest BCUT2D eigenvalue weighted by molar-refractivity contribution is 5.92. The number of carbonyl (C=O) groups excluding carboxylic acids is 1. The van der Waals surface area contributed by atoms with E-state index in [1.165, 1.54) is 0 Å². The second-order valence-electron chi connectivity index (χ2n) is 6.91. The lowest BCUT2D eigenvalue weighted by Gasteiger charge is -2.21. The molecule has 1 amide bonds. The Hall–Kier alpha value is -2.89. The third kappa shape index (κ3) is 3.03. The van der Waals surface area contributed by atoms with Gasteiger partial charge in [0.05, 0.1) is 6.04 Å². The lowest BCUT2D eigenvalue weighted by Crippen LogP contribution is -2.30. The van der Waals surface area contributed by atoms with Crippen molar-refractivity contribution in [3.63, 3.8) is 0 Å². The van der Waals surface area contributed by atoms with Gasteiger partial charge in [-0.1, -0.05) is 54.5 Å². The van der Waals surface area contributed by atoms with Crippen LogP contribution in [0.15, 0.2) is 51.5 Å². The van der Waals surface area contributed by atoms with Crippen molar-refractivity contribution in [3.8, 4) is 11.3 Å². The highest BCUT2D eigenvalue weighted by Crippen LogP contribution is 2.34. The minimum absolute atomic E-state index is 0.0796. The van der Waals surface area contributed by atoms with E-state index in [1.54, 1.807) is 11.0 Å². The molecule has 1 aromatic carbocycles. The Balaban J connectivity index is 1.56. The van der Waals surface area contributed by atoms with Crippen LogP contribution < -0.4 is 0 Å². The first kappa shape index (κ1) is 16.6. The van der Waals surface area contributed by atoms with Crippen molar-refractivity contribution >= 4 is 5.91 Å². The Morgan fingerprint density at radius 2 is 1.96 bits per heavy atom. The van der Waals surface area contributed by atoms with Crippen LogP contribution in [-0.4, -0.2) is 27.7 Å². The summed E-state index contributed by atoms with van der Waals surface area (Å²) in [6.07, 6.45) is 1.80. The highest BCUT2D eigenvalue weighted by atomic mass is 16.5. The molecular formula is C20H21N3O3. The van der Waals surface area contributed by atoms with Gasteiger partial charge in [-0.05, 0) is 12.8 Å². The summed E-state index contributed by atoms with van der Waals surface area (Å²) in [5.74, 6) is 1.20. The molecule has 3 aromatic rings. The second kappa shape index (κ2) is 6.78. The molecule has 0 spiro atoms. The van der Waals surface area contributed by atoms with Crippen molar-refractivity contribution in [3.05, 3.63) is 59.7 Å². The molecule has 1 atom stereocenters. The molecule has 134 valence electrons. The van der Waals surface area contributed by atoms with Crippen molar-refractivity contribution in [2.75, 3.05) is 6.54 Å². The number of hydrogen-bond donors (Lipinski definition) is 0. The summed E-state index contributed by atoms with van der Waals surface area (Å²) in [7, 11) is 0. The number of carbonyl (C=O) groups is 1. The molecule has 1 fully saturated rings. The van der Waals surface area contributed by atoms with Gasteiger partial charge in [0, 0.05) is 30.2 Å². The summed E-state index contributed by atoms with van der Waals surface area (Å²) in [5, 5.41) is 8.23. The standard InChI is InChI=1S/C20H21N3O3/c1-13(2)18-12-16(22-25-18)17-9-6-10-23(17)20(24)19-11-15(21-26-19)14-7-4-3-5-8-14/h3-5,7-8,11-13,17H,6,9-10H2,1-2H3/t17-/m0/s1. The number of hydrogen-bond acceptors (Lipinski definition) is 5. The van der Waals surface area contributed by atoms with E-state index in [-0.39, 0.29) is 23.6 Å². The summed E-state index contributed by atoms with van der Waals surface area (Å²) >= 11 is 0. The van der Waals surface area contributed by atoms with Gasteiger partial charge >= 0.3 is 0 Å². The zero-order valence-corrected chi connectivity index (χ0v) is 14.9. The normalized spacial score (nSPS) is 17.2. The molecule has 0 aliphatic carbocycles. The van der Waals surface area contributed by atoms with E-state index < -0.39 is 0 Å². The van der Waals surface area contributed by atoms with Crippen molar-refractivity contribution < 1.29 is 13.8 Å². The van der Waals surface area contributed by atoms with Gasteiger partial charge in [-0.2, -0.15) is 0 Å². The maximum atomic E-state index is 12.9. The Bertz CT molecular complexity index is 898. The molecule has 26 heavy (non-hydrogen) atoms.